The Kier molecular flexibility index (Phi) is 7.02. The van der Waals surface area contributed by atoms with Crippen LogP contribution in [0.4, 0.5) is 5.69 Å². The van der Waals surface area contributed by atoms with Crippen LogP contribution < -0.4 is 26.3 Å². The van der Waals surface area contributed by atoms with Crippen molar-refractivity contribution >= 4 is 40.0 Å². The molecule has 2 heterocycles. The Bertz CT molecular complexity index is 1570. The van der Waals surface area contributed by atoms with E-state index in [1.165, 1.54) is 30.3 Å². The van der Waals surface area contributed by atoms with Crippen LogP contribution in [0.15, 0.2) is 63.8 Å². The molecule has 2 aromatic rings. The first-order valence-electron chi connectivity index (χ1n) is 12.0. The summed E-state index contributed by atoms with van der Waals surface area (Å²) >= 11 is 5.48. The average molecular weight is 533 g/mol. The van der Waals surface area contributed by atoms with Gasteiger partial charge in [-0.05, 0) is 61.5 Å². The SMILES string of the molecule is COC[C@H]1O[C@@H](C)C[C@@H]1NC(=S)Nc1ccc(-c2c3ccc(=O)cc-3oc3cc([O-])ccc23)c(C(=O)[O-])c1. The standard InChI is InChI=1S/C28H26N2O7S/c1-14-9-22(25(36-14)13-35-2)30-28(38)29-15-3-6-18(21(10-15)27(33)34)26-19-7-4-16(31)11-23(19)37-24-12-17(32)5-8-20(24)26/h3-8,10-12,14,22,25,31H,9,13H2,1-2H3,(H,33,34)(H2,29,30,38)/p-2/t14-,22-,25+/m0/s1. The maximum absolute atomic E-state index is 12.3. The number of rotatable bonds is 6. The van der Waals surface area contributed by atoms with Gasteiger partial charge in [-0.1, -0.05) is 18.2 Å². The Labute approximate surface area is 223 Å². The molecule has 0 aromatic heterocycles. The highest BCUT2D eigenvalue weighted by Crippen LogP contribution is 2.42. The molecule has 0 bridgehead atoms. The lowest BCUT2D eigenvalue weighted by atomic mass is 9.90. The predicted octanol–water partition coefficient (Wildman–Crippen LogP) is 2.48. The number of thiocarbonyl (C=S) groups is 1. The number of fused-ring (bicyclic) bond motifs is 2. The Balaban J connectivity index is 1.53. The number of benzene rings is 3. The van der Waals surface area contributed by atoms with Crippen LogP contribution in [0.1, 0.15) is 23.7 Å². The second kappa shape index (κ2) is 10.4. The van der Waals surface area contributed by atoms with Crippen molar-refractivity contribution in [2.75, 3.05) is 19.0 Å². The van der Waals surface area contributed by atoms with Crippen molar-refractivity contribution in [3.63, 3.8) is 0 Å². The molecule has 1 saturated heterocycles. The minimum absolute atomic E-state index is 0.0528. The minimum Gasteiger partial charge on any atom is -0.872 e. The number of aromatic carboxylic acids is 1. The van der Waals surface area contributed by atoms with E-state index in [1.54, 1.807) is 31.4 Å². The number of ether oxygens (including phenoxy) is 2. The Morgan fingerprint density at radius 1 is 1.13 bits per heavy atom. The number of carboxylic acid groups (broad SMARTS) is 1. The third-order valence-electron chi connectivity index (χ3n) is 6.52. The number of carbonyl (C=O) groups is 1. The monoisotopic (exact) mass is 532 g/mol. The zero-order valence-electron chi connectivity index (χ0n) is 20.6. The van der Waals surface area contributed by atoms with Crippen molar-refractivity contribution in [1.29, 1.82) is 0 Å². The quantitative estimate of drug-likeness (QED) is 0.282. The average Bonchev–Trinajstić information content (AvgIpc) is 3.20. The van der Waals surface area contributed by atoms with Gasteiger partial charge in [-0.15, -0.1) is 5.75 Å². The molecule has 0 unspecified atom stereocenters. The van der Waals surface area contributed by atoms with Crippen LogP contribution in [0.2, 0.25) is 0 Å². The molecule has 0 saturated carbocycles. The largest absolute Gasteiger partial charge is 0.872 e. The van der Waals surface area contributed by atoms with Crippen molar-refractivity contribution in [2.45, 2.75) is 31.6 Å². The van der Waals surface area contributed by atoms with Crippen LogP contribution in [-0.4, -0.2) is 43.0 Å². The Morgan fingerprint density at radius 2 is 1.92 bits per heavy atom. The van der Waals surface area contributed by atoms with Crippen LogP contribution in [0, 0.1) is 0 Å². The second-order valence-electron chi connectivity index (χ2n) is 9.22. The molecule has 0 amide bonds. The molecule has 38 heavy (non-hydrogen) atoms. The molecule has 10 heteroatoms. The summed E-state index contributed by atoms with van der Waals surface area (Å²) in [5.41, 5.74) is 1.68. The lowest BCUT2D eigenvalue weighted by Gasteiger charge is -2.22. The van der Waals surface area contributed by atoms with E-state index in [0.29, 0.717) is 39.5 Å². The molecule has 3 aliphatic rings. The fourth-order valence-electron chi connectivity index (χ4n) is 4.92. The topological polar surface area (TPSA) is 136 Å². The number of methoxy groups -OCH3 is 1. The van der Waals surface area contributed by atoms with Gasteiger partial charge in [-0.2, -0.15) is 0 Å². The van der Waals surface area contributed by atoms with Crippen LogP contribution in [0.5, 0.6) is 5.75 Å². The highest BCUT2D eigenvalue weighted by Gasteiger charge is 2.33. The van der Waals surface area contributed by atoms with Crippen molar-refractivity contribution in [2.24, 2.45) is 0 Å². The predicted molar refractivity (Wildman–Crippen MR) is 142 cm³/mol. The highest BCUT2D eigenvalue weighted by atomic mass is 32.1. The molecule has 1 aliphatic carbocycles. The van der Waals surface area contributed by atoms with Gasteiger partial charge in [0.25, 0.3) is 0 Å². The molecule has 0 spiro atoms. The Hall–Kier alpha value is -3.99. The van der Waals surface area contributed by atoms with E-state index in [1.807, 2.05) is 6.92 Å². The molecule has 5 rings (SSSR count). The van der Waals surface area contributed by atoms with Gasteiger partial charge >= 0.3 is 0 Å². The Morgan fingerprint density at radius 3 is 2.68 bits per heavy atom. The number of hydrogen-bond donors (Lipinski definition) is 2. The van der Waals surface area contributed by atoms with E-state index in [9.17, 15) is 19.8 Å². The first kappa shape index (κ1) is 25.7. The summed E-state index contributed by atoms with van der Waals surface area (Å²) in [6.07, 6.45) is 0.635. The zero-order valence-corrected chi connectivity index (χ0v) is 21.4. The summed E-state index contributed by atoms with van der Waals surface area (Å²) in [7, 11) is 1.61. The summed E-state index contributed by atoms with van der Waals surface area (Å²) in [4.78, 5) is 24.3. The number of anilines is 1. The van der Waals surface area contributed by atoms with E-state index in [2.05, 4.69) is 10.6 Å². The van der Waals surface area contributed by atoms with Gasteiger partial charge in [0.05, 0.1) is 24.7 Å². The second-order valence-corrected chi connectivity index (χ2v) is 9.63. The van der Waals surface area contributed by atoms with Crippen LogP contribution in [0.25, 0.3) is 33.4 Å². The van der Waals surface area contributed by atoms with Gasteiger partial charge in [0.2, 0.25) is 0 Å². The van der Waals surface area contributed by atoms with Gasteiger partial charge in [0, 0.05) is 40.9 Å². The summed E-state index contributed by atoms with van der Waals surface area (Å²) < 4.78 is 16.9. The molecule has 1 fully saturated rings. The molecule has 9 nitrogen and oxygen atoms in total. The summed E-state index contributed by atoms with van der Waals surface area (Å²) in [6, 6.07) is 13.2. The lowest BCUT2D eigenvalue weighted by molar-refractivity contribution is -0.268. The first-order chi connectivity index (χ1) is 18.2. The smallest absolute Gasteiger partial charge is 0.182 e. The van der Waals surface area contributed by atoms with Crippen molar-refractivity contribution in [1.82, 2.24) is 5.32 Å². The molecular formula is C28H24N2O7S-2. The van der Waals surface area contributed by atoms with E-state index < -0.39 is 5.97 Å². The third-order valence-corrected chi connectivity index (χ3v) is 6.74. The van der Waals surface area contributed by atoms with E-state index >= 15 is 0 Å². The maximum Gasteiger partial charge on any atom is 0.182 e. The molecule has 196 valence electrons. The minimum atomic E-state index is -1.40. The molecule has 2 aromatic carbocycles. The van der Waals surface area contributed by atoms with E-state index in [-0.39, 0.29) is 46.3 Å². The normalized spacial score (nSPS) is 19.1. The van der Waals surface area contributed by atoms with Gasteiger partial charge < -0.3 is 39.5 Å². The van der Waals surface area contributed by atoms with Crippen molar-refractivity contribution in [3.05, 3.63) is 70.4 Å². The zero-order chi connectivity index (χ0) is 27.0. The number of carboxylic acids is 1. The van der Waals surface area contributed by atoms with Gasteiger partial charge in [-0.3, -0.25) is 4.79 Å². The van der Waals surface area contributed by atoms with Crippen LogP contribution in [-0.2, 0) is 9.47 Å². The lowest BCUT2D eigenvalue weighted by Crippen LogP contribution is -2.44. The molecule has 2 aliphatic heterocycles. The van der Waals surface area contributed by atoms with Crippen molar-refractivity contribution < 1.29 is 28.9 Å². The first-order valence-corrected chi connectivity index (χ1v) is 12.4. The molecular weight excluding hydrogens is 508 g/mol. The summed E-state index contributed by atoms with van der Waals surface area (Å²) in [5.74, 6) is -1.44. The van der Waals surface area contributed by atoms with E-state index in [0.717, 1.165) is 6.42 Å². The number of carbonyl (C=O) groups excluding carboxylic acids is 1. The van der Waals surface area contributed by atoms with Gasteiger partial charge in [0.1, 0.15) is 17.4 Å². The third kappa shape index (κ3) is 5.06. The fraction of sp³-hybridized carbons (Fsp3) is 0.250. The summed E-state index contributed by atoms with van der Waals surface area (Å²) in [6.45, 7) is 2.40. The molecule has 0 radical (unpaired) electrons. The maximum atomic E-state index is 12.3. The summed E-state index contributed by atoms with van der Waals surface area (Å²) in [5, 5.41) is 31.4. The van der Waals surface area contributed by atoms with Crippen LogP contribution >= 0.6 is 12.2 Å². The fourth-order valence-corrected chi connectivity index (χ4v) is 5.18. The highest BCUT2D eigenvalue weighted by molar-refractivity contribution is 7.80. The number of hydrogen-bond acceptors (Lipinski definition) is 8. The number of nitrogens with one attached hydrogen (secondary N) is 2. The molecule has 2 N–H and O–H groups in total. The molecule has 3 atom stereocenters. The van der Waals surface area contributed by atoms with Gasteiger partial charge in [-0.25, -0.2) is 0 Å². The van der Waals surface area contributed by atoms with Crippen molar-refractivity contribution in [3.8, 4) is 28.2 Å². The van der Waals surface area contributed by atoms with E-state index in [4.69, 9.17) is 26.1 Å². The van der Waals surface area contributed by atoms with Gasteiger partial charge in [0.15, 0.2) is 10.5 Å². The van der Waals surface area contributed by atoms with Crippen LogP contribution in [0.3, 0.4) is 0 Å².